The Morgan fingerprint density at radius 3 is 2.62 bits per heavy atom. The van der Waals surface area contributed by atoms with Crippen molar-refractivity contribution in [3.63, 3.8) is 0 Å². The zero-order valence-corrected chi connectivity index (χ0v) is 12.9. The van der Waals surface area contributed by atoms with Gasteiger partial charge < -0.3 is 5.11 Å². The molecule has 2 aromatic heterocycles. The van der Waals surface area contributed by atoms with Crippen molar-refractivity contribution in [1.29, 1.82) is 0 Å². The van der Waals surface area contributed by atoms with E-state index in [0.717, 1.165) is 44.1 Å². The number of nitrogens with zero attached hydrogens (tertiary/aromatic N) is 3. The van der Waals surface area contributed by atoms with E-state index in [1.807, 2.05) is 36.0 Å². The van der Waals surface area contributed by atoms with E-state index in [9.17, 15) is 5.11 Å². The Bertz CT molecular complexity index is 524. The van der Waals surface area contributed by atoms with E-state index in [0.29, 0.717) is 0 Å². The first-order valence-electron chi connectivity index (χ1n) is 7.36. The predicted octanol–water partition coefficient (Wildman–Crippen LogP) is 1.99. The summed E-state index contributed by atoms with van der Waals surface area (Å²) in [6.07, 6.45) is 3.40. The van der Waals surface area contributed by atoms with Gasteiger partial charge in [-0.3, -0.25) is 14.8 Å². The van der Waals surface area contributed by atoms with Crippen LogP contribution in [0.15, 0.2) is 42.0 Å². The van der Waals surface area contributed by atoms with Crippen LogP contribution in [-0.4, -0.2) is 52.6 Å². The Kier molecular flexibility index (Phi) is 4.98. The third kappa shape index (κ3) is 4.11. The molecule has 0 amide bonds. The van der Waals surface area contributed by atoms with Gasteiger partial charge in [-0.05, 0) is 23.1 Å². The zero-order valence-electron chi connectivity index (χ0n) is 12.1. The number of hydrogen-bond acceptors (Lipinski definition) is 5. The van der Waals surface area contributed by atoms with E-state index in [2.05, 4.69) is 20.9 Å². The van der Waals surface area contributed by atoms with Crippen LogP contribution in [0.4, 0.5) is 0 Å². The first-order chi connectivity index (χ1) is 10.3. The maximum atomic E-state index is 10.2. The van der Waals surface area contributed by atoms with Crippen molar-refractivity contribution < 1.29 is 5.11 Å². The number of aromatic nitrogens is 1. The van der Waals surface area contributed by atoms with Crippen LogP contribution in [-0.2, 0) is 6.54 Å². The van der Waals surface area contributed by atoms with E-state index in [1.54, 1.807) is 11.3 Å². The van der Waals surface area contributed by atoms with Crippen LogP contribution >= 0.6 is 11.3 Å². The van der Waals surface area contributed by atoms with E-state index in [4.69, 9.17) is 0 Å². The largest absolute Gasteiger partial charge is 0.386 e. The number of aliphatic hydroxyl groups excluding tert-OH is 1. The van der Waals surface area contributed by atoms with Gasteiger partial charge in [-0.25, -0.2) is 0 Å². The van der Waals surface area contributed by atoms with Crippen molar-refractivity contribution in [3.8, 4) is 0 Å². The van der Waals surface area contributed by atoms with Crippen LogP contribution < -0.4 is 0 Å². The van der Waals surface area contributed by atoms with Gasteiger partial charge in [0.25, 0.3) is 0 Å². The lowest BCUT2D eigenvalue weighted by Gasteiger charge is -2.35. The molecule has 1 N–H and O–H groups in total. The first kappa shape index (κ1) is 14.7. The number of aliphatic hydroxyl groups is 1. The molecule has 1 aliphatic heterocycles. The van der Waals surface area contributed by atoms with Crippen LogP contribution in [0, 0.1) is 0 Å². The van der Waals surface area contributed by atoms with Crippen LogP contribution in [0.2, 0.25) is 0 Å². The monoisotopic (exact) mass is 303 g/mol. The Morgan fingerprint density at radius 1 is 1.14 bits per heavy atom. The SMILES string of the molecule is O[C@H](CN1CCN(Cc2cccnc2)CC1)c1cccs1. The molecule has 0 radical (unpaired) electrons. The number of thiophene rings is 1. The summed E-state index contributed by atoms with van der Waals surface area (Å²) in [5.74, 6) is 0. The van der Waals surface area contributed by atoms with Crippen LogP contribution in [0.1, 0.15) is 16.5 Å². The molecule has 0 bridgehead atoms. The van der Waals surface area contributed by atoms with E-state index >= 15 is 0 Å². The fraction of sp³-hybridized carbons (Fsp3) is 0.438. The average molecular weight is 303 g/mol. The minimum absolute atomic E-state index is 0.352. The lowest BCUT2D eigenvalue weighted by atomic mass is 10.2. The van der Waals surface area contributed by atoms with Gasteiger partial charge >= 0.3 is 0 Å². The maximum absolute atomic E-state index is 10.2. The lowest BCUT2D eigenvalue weighted by Crippen LogP contribution is -2.47. The van der Waals surface area contributed by atoms with Crippen molar-refractivity contribution in [3.05, 3.63) is 52.5 Å². The second kappa shape index (κ2) is 7.13. The highest BCUT2D eigenvalue weighted by molar-refractivity contribution is 7.10. The molecule has 1 atom stereocenters. The van der Waals surface area contributed by atoms with Crippen LogP contribution in [0.25, 0.3) is 0 Å². The molecule has 0 unspecified atom stereocenters. The third-order valence-electron chi connectivity index (χ3n) is 3.90. The van der Waals surface area contributed by atoms with Crippen LogP contribution in [0.3, 0.4) is 0 Å². The van der Waals surface area contributed by atoms with E-state index < -0.39 is 0 Å². The number of β-amino-alcohol motifs (C(OH)–C–C–N with tert-alkyl or cyclic N) is 1. The Labute approximate surface area is 129 Å². The number of rotatable bonds is 5. The smallest absolute Gasteiger partial charge is 0.101 e. The van der Waals surface area contributed by atoms with Crippen molar-refractivity contribution in [2.45, 2.75) is 12.6 Å². The molecule has 5 heteroatoms. The van der Waals surface area contributed by atoms with Gasteiger partial charge in [-0.2, -0.15) is 0 Å². The minimum Gasteiger partial charge on any atom is -0.386 e. The highest BCUT2D eigenvalue weighted by atomic mass is 32.1. The molecule has 3 heterocycles. The zero-order chi connectivity index (χ0) is 14.5. The van der Waals surface area contributed by atoms with Gasteiger partial charge in [0.1, 0.15) is 6.10 Å². The van der Waals surface area contributed by atoms with Crippen molar-refractivity contribution >= 4 is 11.3 Å². The summed E-state index contributed by atoms with van der Waals surface area (Å²) in [4.78, 5) is 10.0. The van der Waals surface area contributed by atoms with Gasteiger partial charge in [-0.15, -0.1) is 11.3 Å². The summed E-state index contributed by atoms with van der Waals surface area (Å²) in [6.45, 7) is 5.83. The van der Waals surface area contributed by atoms with Crippen LogP contribution in [0.5, 0.6) is 0 Å². The molecule has 21 heavy (non-hydrogen) atoms. The van der Waals surface area contributed by atoms with Gasteiger partial charge in [0.05, 0.1) is 0 Å². The van der Waals surface area contributed by atoms with Crippen molar-refractivity contribution in [2.24, 2.45) is 0 Å². The molecule has 2 aromatic rings. The Morgan fingerprint density at radius 2 is 1.95 bits per heavy atom. The summed E-state index contributed by atoms with van der Waals surface area (Å²) in [6, 6.07) is 8.12. The molecule has 0 aliphatic carbocycles. The fourth-order valence-corrected chi connectivity index (χ4v) is 3.40. The summed E-state index contributed by atoms with van der Waals surface area (Å²) in [7, 11) is 0. The average Bonchev–Trinajstić information content (AvgIpc) is 3.05. The predicted molar refractivity (Wildman–Crippen MR) is 85.2 cm³/mol. The number of hydrogen-bond donors (Lipinski definition) is 1. The minimum atomic E-state index is -0.352. The first-order valence-corrected chi connectivity index (χ1v) is 8.24. The van der Waals surface area contributed by atoms with E-state index in [-0.39, 0.29) is 6.10 Å². The molecule has 3 rings (SSSR count). The summed E-state index contributed by atoms with van der Waals surface area (Å²) in [5, 5.41) is 12.2. The third-order valence-corrected chi connectivity index (χ3v) is 4.87. The summed E-state index contributed by atoms with van der Waals surface area (Å²) < 4.78 is 0. The van der Waals surface area contributed by atoms with Gasteiger partial charge in [0.2, 0.25) is 0 Å². The maximum Gasteiger partial charge on any atom is 0.101 e. The number of pyridine rings is 1. The highest BCUT2D eigenvalue weighted by Gasteiger charge is 2.20. The molecule has 4 nitrogen and oxygen atoms in total. The molecular weight excluding hydrogens is 282 g/mol. The fourth-order valence-electron chi connectivity index (χ4n) is 2.70. The van der Waals surface area contributed by atoms with Gasteiger partial charge in [-0.1, -0.05) is 12.1 Å². The Hall–Kier alpha value is -1.27. The quantitative estimate of drug-likeness (QED) is 0.917. The normalized spacial score (nSPS) is 18.7. The molecule has 1 saturated heterocycles. The summed E-state index contributed by atoms with van der Waals surface area (Å²) >= 11 is 1.63. The standard InChI is InChI=1S/C16H21N3OS/c20-15(16-4-2-10-21-16)13-19-8-6-18(7-9-19)12-14-3-1-5-17-11-14/h1-5,10-11,15,20H,6-9,12-13H2/t15-/m1/s1. The molecular formula is C16H21N3OS. The number of piperazine rings is 1. The van der Waals surface area contributed by atoms with Crippen molar-refractivity contribution in [1.82, 2.24) is 14.8 Å². The molecule has 0 spiro atoms. The highest BCUT2D eigenvalue weighted by Crippen LogP contribution is 2.20. The Balaban J connectivity index is 1.45. The topological polar surface area (TPSA) is 39.6 Å². The van der Waals surface area contributed by atoms with Crippen molar-refractivity contribution in [2.75, 3.05) is 32.7 Å². The molecule has 0 saturated carbocycles. The molecule has 0 aromatic carbocycles. The second-order valence-electron chi connectivity index (χ2n) is 5.47. The second-order valence-corrected chi connectivity index (χ2v) is 6.45. The van der Waals surface area contributed by atoms with Gasteiger partial charge in [0, 0.05) is 56.5 Å². The van der Waals surface area contributed by atoms with Gasteiger partial charge in [0.15, 0.2) is 0 Å². The molecule has 1 fully saturated rings. The molecule has 112 valence electrons. The summed E-state index contributed by atoms with van der Waals surface area (Å²) in [5.41, 5.74) is 1.27. The molecule has 1 aliphatic rings. The van der Waals surface area contributed by atoms with E-state index in [1.165, 1.54) is 5.56 Å². The lowest BCUT2D eigenvalue weighted by molar-refractivity contribution is 0.0716.